The molecule has 0 saturated heterocycles. The van der Waals surface area contributed by atoms with Gasteiger partial charge in [0.1, 0.15) is 11.4 Å². The average molecular weight is 410 g/mol. The quantitative estimate of drug-likeness (QED) is 0.366. The van der Waals surface area contributed by atoms with E-state index in [2.05, 4.69) is 5.16 Å². The molecule has 158 valence electrons. The minimum atomic E-state index is -4.77. The van der Waals surface area contributed by atoms with Gasteiger partial charge in [-0.1, -0.05) is 23.4 Å². The summed E-state index contributed by atoms with van der Waals surface area (Å²) in [6.07, 6.45) is -3.42. The van der Waals surface area contributed by atoms with Crippen molar-refractivity contribution in [1.29, 1.82) is 5.41 Å². The van der Waals surface area contributed by atoms with Crippen LogP contribution in [0.2, 0.25) is 0 Å². The highest BCUT2D eigenvalue weighted by atomic mass is 19.4. The molecule has 1 aliphatic rings. The molecule has 9 heteroatoms. The molecule has 0 saturated carbocycles. The summed E-state index contributed by atoms with van der Waals surface area (Å²) < 4.78 is 38.6. The van der Waals surface area contributed by atoms with Gasteiger partial charge in [0, 0.05) is 13.6 Å². The summed E-state index contributed by atoms with van der Waals surface area (Å²) in [5, 5.41) is 30.2. The second kappa shape index (κ2) is 9.23. The largest absolute Gasteiger partial charge is 0.418 e. The van der Waals surface area contributed by atoms with Crippen molar-refractivity contribution < 1.29 is 23.5 Å². The lowest BCUT2D eigenvalue weighted by molar-refractivity contribution is -0.206. The van der Waals surface area contributed by atoms with Crippen molar-refractivity contribution in [2.75, 3.05) is 34.2 Å². The molecule has 2 rings (SSSR count). The van der Waals surface area contributed by atoms with Crippen molar-refractivity contribution in [3.05, 3.63) is 53.2 Å². The van der Waals surface area contributed by atoms with Crippen LogP contribution in [0.1, 0.15) is 23.7 Å². The molecule has 29 heavy (non-hydrogen) atoms. The number of hydrogen-bond donors (Lipinski definition) is 3. The standard InChI is InChI=1S/C20H25F3N4O2/c1-26(2)8-5-9-27(3)17-12-15(11-16(25-29)18(17)24)13-6-4-7-14(10-13)19(28)20(21,22)23/h4,6-7,10-12,19,24,28-29H,5,8-9H2,1-3H3/b24-18?,25-16-. The first-order valence-corrected chi connectivity index (χ1v) is 9.00. The summed E-state index contributed by atoms with van der Waals surface area (Å²) in [4.78, 5) is 3.89. The second-order valence-corrected chi connectivity index (χ2v) is 7.14. The molecule has 1 atom stereocenters. The Hall–Kier alpha value is -2.65. The summed E-state index contributed by atoms with van der Waals surface area (Å²) in [6, 6.07) is 5.47. The Morgan fingerprint density at radius 1 is 1.14 bits per heavy atom. The molecule has 1 aliphatic carbocycles. The van der Waals surface area contributed by atoms with Crippen LogP contribution in [0.5, 0.6) is 0 Å². The molecule has 0 bridgehead atoms. The van der Waals surface area contributed by atoms with E-state index in [0.29, 0.717) is 23.4 Å². The number of nitrogens with zero attached hydrogens (tertiary/aromatic N) is 3. The molecule has 1 aromatic rings. The molecule has 1 unspecified atom stereocenters. The highest BCUT2D eigenvalue weighted by molar-refractivity contribution is 6.53. The summed E-state index contributed by atoms with van der Waals surface area (Å²) in [6.45, 7) is 1.50. The van der Waals surface area contributed by atoms with E-state index in [1.165, 1.54) is 24.3 Å². The molecule has 1 aromatic carbocycles. The van der Waals surface area contributed by atoms with E-state index < -0.39 is 12.3 Å². The van der Waals surface area contributed by atoms with Gasteiger partial charge in [-0.05, 0) is 62.0 Å². The third kappa shape index (κ3) is 5.68. The predicted molar refractivity (Wildman–Crippen MR) is 106 cm³/mol. The van der Waals surface area contributed by atoms with Crippen LogP contribution in [-0.4, -0.2) is 71.9 Å². The number of benzene rings is 1. The van der Waals surface area contributed by atoms with Crippen LogP contribution in [0.4, 0.5) is 13.2 Å². The molecule has 3 N–H and O–H groups in total. The van der Waals surface area contributed by atoms with Gasteiger partial charge in [0.15, 0.2) is 6.10 Å². The Balaban J connectivity index is 2.36. The number of rotatable bonds is 7. The molecule has 0 fully saturated rings. The summed E-state index contributed by atoms with van der Waals surface area (Å²) in [5.41, 5.74) is 1.15. The maximum absolute atomic E-state index is 12.9. The molecule has 6 nitrogen and oxygen atoms in total. The summed E-state index contributed by atoms with van der Waals surface area (Å²) in [7, 11) is 5.72. The maximum atomic E-state index is 12.9. The van der Waals surface area contributed by atoms with E-state index in [1.54, 1.807) is 19.2 Å². The zero-order chi connectivity index (χ0) is 21.8. The summed E-state index contributed by atoms with van der Waals surface area (Å²) >= 11 is 0. The van der Waals surface area contributed by atoms with Crippen molar-refractivity contribution in [3.8, 4) is 0 Å². The molecular weight excluding hydrogens is 385 g/mol. The minimum absolute atomic E-state index is 0.0127. The number of hydrogen-bond acceptors (Lipinski definition) is 6. The van der Waals surface area contributed by atoms with Gasteiger partial charge in [0.2, 0.25) is 0 Å². The normalized spacial score (nSPS) is 17.4. The van der Waals surface area contributed by atoms with Gasteiger partial charge in [-0.3, -0.25) is 5.41 Å². The van der Waals surface area contributed by atoms with Crippen LogP contribution >= 0.6 is 0 Å². The smallest absolute Gasteiger partial charge is 0.410 e. The first-order chi connectivity index (χ1) is 13.5. The Bertz CT molecular complexity index is 844. The molecule has 0 amide bonds. The number of alkyl halides is 3. The van der Waals surface area contributed by atoms with Crippen molar-refractivity contribution in [3.63, 3.8) is 0 Å². The lowest BCUT2D eigenvalue weighted by atomic mass is 9.93. The molecule has 0 heterocycles. The lowest BCUT2D eigenvalue weighted by Crippen LogP contribution is -2.31. The third-order valence-corrected chi connectivity index (χ3v) is 4.56. The predicted octanol–water partition coefficient (Wildman–Crippen LogP) is 3.30. The monoisotopic (exact) mass is 410 g/mol. The van der Waals surface area contributed by atoms with E-state index in [4.69, 9.17) is 5.41 Å². The van der Waals surface area contributed by atoms with E-state index in [1.807, 2.05) is 23.9 Å². The van der Waals surface area contributed by atoms with Gasteiger partial charge in [-0.25, -0.2) is 0 Å². The number of nitrogens with one attached hydrogen (secondary N) is 1. The van der Waals surface area contributed by atoms with Crippen LogP contribution in [-0.2, 0) is 0 Å². The topological polar surface area (TPSA) is 83.2 Å². The second-order valence-electron chi connectivity index (χ2n) is 7.14. The first-order valence-electron chi connectivity index (χ1n) is 9.00. The van der Waals surface area contributed by atoms with Gasteiger partial charge in [0.05, 0.1) is 5.70 Å². The van der Waals surface area contributed by atoms with Crippen molar-refractivity contribution in [2.24, 2.45) is 5.16 Å². The minimum Gasteiger partial charge on any atom is -0.410 e. The van der Waals surface area contributed by atoms with Gasteiger partial charge < -0.3 is 20.1 Å². The Labute approximate surface area is 167 Å². The Kier molecular flexibility index (Phi) is 7.21. The maximum Gasteiger partial charge on any atom is 0.418 e. The number of aliphatic hydroxyl groups is 1. The number of aliphatic hydroxyl groups excluding tert-OH is 1. The van der Waals surface area contributed by atoms with Crippen molar-refractivity contribution in [2.45, 2.75) is 18.7 Å². The Morgan fingerprint density at radius 2 is 1.83 bits per heavy atom. The van der Waals surface area contributed by atoms with Crippen LogP contribution in [0.25, 0.3) is 5.57 Å². The number of oxime groups is 1. The number of allylic oxidation sites excluding steroid dienone is 4. The van der Waals surface area contributed by atoms with Gasteiger partial charge in [0.25, 0.3) is 0 Å². The highest BCUT2D eigenvalue weighted by Crippen LogP contribution is 2.34. The van der Waals surface area contributed by atoms with Crippen LogP contribution in [0, 0.1) is 5.41 Å². The summed E-state index contributed by atoms with van der Waals surface area (Å²) in [5.74, 6) is 0. The fourth-order valence-corrected chi connectivity index (χ4v) is 2.98. The van der Waals surface area contributed by atoms with Crippen LogP contribution in [0.3, 0.4) is 0 Å². The third-order valence-electron chi connectivity index (χ3n) is 4.56. The van der Waals surface area contributed by atoms with Gasteiger partial charge in [-0.15, -0.1) is 0 Å². The molecular formula is C20H25F3N4O2. The molecule has 0 aliphatic heterocycles. The Morgan fingerprint density at radius 3 is 2.41 bits per heavy atom. The van der Waals surface area contributed by atoms with Crippen molar-refractivity contribution >= 4 is 17.0 Å². The molecule has 0 spiro atoms. The van der Waals surface area contributed by atoms with E-state index in [0.717, 1.165) is 13.0 Å². The SMILES string of the molecule is CN(C)CCCN(C)C1=CC(c2cccc(C(O)C(F)(F)F)c2)=C/C(=N/O)C1=N. The van der Waals surface area contributed by atoms with E-state index in [9.17, 15) is 23.5 Å². The van der Waals surface area contributed by atoms with Crippen LogP contribution < -0.4 is 0 Å². The highest BCUT2D eigenvalue weighted by Gasteiger charge is 2.39. The molecule has 0 aromatic heterocycles. The fraction of sp³-hybridized carbons (Fsp3) is 0.400. The first kappa shape index (κ1) is 22.6. The van der Waals surface area contributed by atoms with Crippen molar-refractivity contribution in [1.82, 2.24) is 9.80 Å². The van der Waals surface area contributed by atoms with E-state index in [-0.39, 0.29) is 17.0 Å². The lowest BCUT2D eigenvalue weighted by Gasteiger charge is -2.27. The van der Waals surface area contributed by atoms with Gasteiger partial charge in [-0.2, -0.15) is 13.2 Å². The fourth-order valence-electron chi connectivity index (χ4n) is 2.98. The zero-order valence-corrected chi connectivity index (χ0v) is 16.5. The molecule has 0 radical (unpaired) electrons. The number of halogens is 3. The average Bonchev–Trinajstić information content (AvgIpc) is 2.66. The van der Waals surface area contributed by atoms with Gasteiger partial charge >= 0.3 is 6.18 Å². The van der Waals surface area contributed by atoms with Crippen LogP contribution in [0.15, 0.2) is 47.3 Å². The van der Waals surface area contributed by atoms with E-state index >= 15 is 0 Å². The zero-order valence-electron chi connectivity index (χ0n) is 16.5.